The van der Waals surface area contributed by atoms with Crippen molar-refractivity contribution in [2.45, 2.75) is 37.8 Å². The summed E-state index contributed by atoms with van der Waals surface area (Å²) in [6.07, 6.45) is 4.35. The lowest BCUT2D eigenvalue weighted by Gasteiger charge is -2.30. The van der Waals surface area contributed by atoms with Crippen LogP contribution in [0.15, 0.2) is 36.8 Å². The molecule has 2 aliphatic rings. The van der Waals surface area contributed by atoms with Crippen molar-refractivity contribution in [3.05, 3.63) is 48.2 Å². The number of fused-ring (bicyclic) bond motifs is 1. The van der Waals surface area contributed by atoms with Crippen LogP contribution in [0.3, 0.4) is 0 Å². The predicted octanol–water partition coefficient (Wildman–Crippen LogP) is 2.77. The fourth-order valence-corrected chi connectivity index (χ4v) is 4.17. The first-order valence-electron chi connectivity index (χ1n) is 11.2. The van der Waals surface area contributed by atoms with Gasteiger partial charge in [0.15, 0.2) is 11.5 Å². The smallest absolute Gasteiger partial charge is 0.475 e. The number of aromatic nitrogens is 5. The highest BCUT2D eigenvalue weighted by Gasteiger charge is 2.38. The van der Waals surface area contributed by atoms with Gasteiger partial charge in [-0.05, 0) is 43.9 Å². The number of carbonyl (C=O) groups excluding carboxylic acids is 1. The number of piperidine rings is 1. The molecule has 2 aliphatic heterocycles. The van der Waals surface area contributed by atoms with E-state index in [4.69, 9.17) is 20.0 Å². The number of hydrogen-bond acceptors (Lipinski definition) is 7. The number of hydrogen-bond donors (Lipinski definition) is 1. The fraction of sp³-hybridized carbons (Fsp3) is 0.455. The molecule has 2 fully saturated rings. The van der Waals surface area contributed by atoms with Gasteiger partial charge in [0.05, 0.1) is 29.8 Å². The summed E-state index contributed by atoms with van der Waals surface area (Å²) in [5.41, 5.74) is 2.70. The third-order valence-corrected chi connectivity index (χ3v) is 6.02. The third-order valence-electron chi connectivity index (χ3n) is 6.02. The summed E-state index contributed by atoms with van der Waals surface area (Å²) in [6.45, 7) is 3.65. The molecule has 1 amide bonds. The molecule has 13 heteroatoms. The quantitative estimate of drug-likeness (QED) is 0.595. The SMILES string of the molecule is O=C(O)C(F)(F)F.O=C(c1ccnnc1)N1CCC(c2nc3ccc(N4CCCC4)cn3n2)CC1. The second-order valence-corrected chi connectivity index (χ2v) is 8.35. The molecule has 0 radical (unpaired) electrons. The highest BCUT2D eigenvalue weighted by molar-refractivity contribution is 5.93. The number of carbonyl (C=O) groups is 2. The molecule has 0 bridgehead atoms. The van der Waals surface area contributed by atoms with E-state index in [0.29, 0.717) is 18.7 Å². The maximum atomic E-state index is 12.6. The first-order valence-corrected chi connectivity index (χ1v) is 11.2. The number of halogens is 3. The second kappa shape index (κ2) is 10.2. The molecule has 0 atom stereocenters. The summed E-state index contributed by atoms with van der Waals surface area (Å²) in [5, 5.41) is 19.4. The summed E-state index contributed by atoms with van der Waals surface area (Å²) in [4.78, 5) is 30.5. The van der Waals surface area contributed by atoms with Crippen LogP contribution in [-0.2, 0) is 4.79 Å². The van der Waals surface area contributed by atoms with Gasteiger partial charge in [0.25, 0.3) is 5.91 Å². The lowest BCUT2D eigenvalue weighted by atomic mass is 9.96. The molecule has 186 valence electrons. The highest BCUT2D eigenvalue weighted by atomic mass is 19.4. The molecule has 2 saturated heterocycles. The second-order valence-electron chi connectivity index (χ2n) is 8.35. The molecule has 1 N–H and O–H groups in total. The predicted molar refractivity (Wildman–Crippen MR) is 118 cm³/mol. The largest absolute Gasteiger partial charge is 0.490 e. The summed E-state index contributed by atoms with van der Waals surface area (Å²) in [5.74, 6) is -1.56. The minimum absolute atomic E-state index is 0.0200. The van der Waals surface area contributed by atoms with Crippen molar-refractivity contribution in [2.24, 2.45) is 0 Å². The zero-order valence-corrected chi connectivity index (χ0v) is 18.7. The van der Waals surface area contributed by atoms with Crippen LogP contribution in [-0.4, -0.2) is 79.0 Å². The molecule has 0 spiro atoms. The maximum Gasteiger partial charge on any atom is 0.490 e. The van der Waals surface area contributed by atoms with Crippen LogP contribution in [0.2, 0.25) is 0 Å². The average Bonchev–Trinajstić information content (AvgIpc) is 3.54. The lowest BCUT2D eigenvalue weighted by Crippen LogP contribution is -2.38. The van der Waals surface area contributed by atoms with Crippen molar-refractivity contribution in [3.8, 4) is 0 Å². The van der Waals surface area contributed by atoms with E-state index < -0.39 is 12.1 Å². The molecule has 5 heterocycles. The number of pyridine rings is 1. The highest BCUT2D eigenvalue weighted by Crippen LogP contribution is 2.28. The van der Waals surface area contributed by atoms with Crippen molar-refractivity contribution in [2.75, 3.05) is 31.1 Å². The molecule has 5 rings (SSSR count). The Balaban J connectivity index is 0.000000364. The van der Waals surface area contributed by atoms with E-state index in [2.05, 4.69) is 33.4 Å². The topological polar surface area (TPSA) is 117 Å². The van der Waals surface area contributed by atoms with E-state index in [0.717, 1.165) is 37.4 Å². The maximum absolute atomic E-state index is 12.6. The molecule has 10 nitrogen and oxygen atoms in total. The van der Waals surface area contributed by atoms with Gasteiger partial charge in [0, 0.05) is 32.1 Å². The van der Waals surface area contributed by atoms with Crippen molar-refractivity contribution in [3.63, 3.8) is 0 Å². The van der Waals surface area contributed by atoms with Crippen LogP contribution in [0.25, 0.3) is 5.65 Å². The van der Waals surface area contributed by atoms with Gasteiger partial charge in [-0.2, -0.15) is 28.5 Å². The van der Waals surface area contributed by atoms with Crippen molar-refractivity contribution < 1.29 is 27.9 Å². The van der Waals surface area contributed by atoms with Crippen molar-refractivity contribution >= 4 is 23.2 Å². The Morgan fingerprint density at radius 2 is 1.69 bits per heavy atom. The Kier molecular flexibility index (Phi) is 7.12. The number of alkyl halides is 3. The van der Waals surface area contributed by atoms with Gasteiger partial charge < -0.3 is 14.9 Å². The molecule has 0 aromatic carbocycles. The van der Waals surface area contributed by atoms with Crippen LogP contribution in [0.5, 0.6) is 0 Å². The zero-order chi connectivity index (χ0) is 25.0. The van der Waals surface area contributed by atoms with Gasteiger partial charge in [-0.25, -0.2) is 14.3 Å². The van der Waals surface area contributed by atoms with E-state index in [9.17, 15) is 18.0 Å². The zero-order valence-electron chi connectivity index (χ0n) is 18.7. The molecule has 35 heavy (non-hydrogen) atoms. The van der Waals surface area contributed by atoms with E-state index in [1.165, 1.54) is 24.7 Å². The summed E-state index contributed by atoms with van der Waals surface area (Å²) < 4.78 is 33.6. The van der Waals surface area contributed by atoms with Gasteiger partial charge in [-0.3, -0.25) is 4.79 Å². The Labute approximate surface area is 198 Å². The van der Waals surface area contributed by atoms with Gasteiger partial charge in [-0.1, -0.05) is 0 Å². The number of carboxylic acids is 1. The average molecular weight is 491 g/mol. The van der Waals surface area contributed by atoms with Crippen LogP contribution < -0.4 is 4.90 Å². The van der Waals surface area contributed by atoms with Gasteiger partial charge in [-0.15, -0.1) is 0 Å². The first kappa shape index (κ1) is 24.4. The molecule has 0 saturated carbocycles. The van der Waals surface area contributed by atoms with Crippen molar-refractivity contribution in [1.82, 2.24) is 29.7 Å². The molecular weight excluding hydrogens is 467 g/mol. The summed E-state index contributed by atoms with van der Waals surface area (Å²) in [6, 6.07) is 5.91. The van der Waals surface area contributed by atoms with E-state index in [-0.39, 0.29) is 11.8 Å². The molecule has 3 aromatic rings. The fourth-order valence-electron chi connectivity index (χ4n) is 4.17. The monoisotopic (exact) mass is 491 g/mol. The Bertz CT molecular complexity index is 1170. The standard InChI is InChI=1S/C20H23N7O.C2HF3O2/c28-20(16-5-8-21-22-13-16)26-11-6-15(7-12-26)19-23-18-4-3-17(14-27(18)24-19)25-9-1-2-10-25;3-2(4,5)1(6)7/h3-5,8,13-15H,1-2,6-7,9-12H2;(H,6,7). The Morgan fingerprint density at radius 3 is 2.29 bits per heavy atom. The van der Waals surface area contributed by atoms with Gasteiger partial charge in [0.2, 0.25) is 0 Å². The number of likely N-dealkylation sites (tertiary alicyclic amines) is 1. The van der Waals surface area contributed by atoms with Crippen molar-refractivity contribution in [1.29, 1.82) is 0 Å². The molecule has 0 unspecified atom stereocenters. The molecule has 3 aromatic heterocycles. The molecule has 0 aliphatic carbocycles. The lowest BCUT2D eigenvalue weighted by molar-refractivity contribution is -0.192. The number of nitrogens with zero attached hydrogens (tertiary/aromatic N) is 7. The van der Waals surface area contributed by atoms with Gasteiger partial charge in [0.1, 0.15) is 0 Å². The number of aliphatic carboxylic acids is 1. The number of amides is 1. The first-order chi connectivity index (χ1) is 16.7. The third kappa shape index (κ3) is 5.84. The van der Waals surface area contributed by atoms with E-state index in [1.54, 1.807) is 12.3 Å². The normalized spacial score (nSPS) is 16.8. The van der Waals surface area contributed by atoms with E-state index in [1.807, 2.05) is 9.42 Å². The van der Waals surface area contributed by atoms with Crippen LogP contribution >= 0.6 is 0 Å². The van der Waals surface area contributed by atoms with E-state index >= 15 is 0 Å². The van der Waals surface area contributed by atoms with Crippen LogP contribution in [0.1, 0.15) is 47.8 Å². The Morgan fingerprint density at radius 1 is 1.00 bits per heavy atom. The number of carboxylic acid groups (broad SMARTS) is 1. The van der Waals surface area contributed by atoms with Crippen LogP contribution in [0, 0.1) is 0 Å². The van der Waals surface area contributed by atoms with Gasteiger partial charge >= 0.3 is 12.1 Å². The minimum atomic E-state index is -5.08. The van der Waals surface area contributed by atoms with Crippen LogP contribution in [0.4, 0.5) is 18.9 Å². The number of rotatable bonds is 3. The summed E-state index contributed by atoms with van der Waals surface area (Å²) >= 11 is 0. The Hall–Kier alpha value is -3.77. The molecular formula is C22H24F3N7O3. The number of anilines is 1. The summed E-state index contributed by atoms with van der Waals surface area (Å²) in [7, 11) is 0. The minimum Gasteiger partial charge on any atom is -0.475 e.